The molecule has 1 aliphatic carbocycles. The summed E-state index contributed by atoms with van der Waals surface area (Å²) in [5.74, 6) is -1.28. The number of ketones is 1. The van der Waals surface area contributed by atoms with Crippen LogP contribution in [0.1, 0.15) is 37.0 Å². The lowest BCUT2D eigenvalue weighted by Crippen LogP contribution is -2.49. The number of esters is 1. The van der Waals surface area contributed by atoms with Crippen LogP contribution in [0.5, 0.6) is 0 Å². The molecule has 2 aliphatic heterocycles. The summed E-state index contributed by atoms with van der Waals surface area (Å²) >= 11 is 3.43. The monoisotopic (exact) mass is 498 g/mol. The lowest BCUT2D eigenvalue weighted by molar-refractivity contribution is -0.141. The number of benzene rings is 1. The highest BCUT2D eigenvalue weighted by Gasteiger charge is 2.62. The second-order valence-electron chi connectivity index (χ2n) is 7.80. The molecule has 1 spiro atoms. The van der Waals surface area contributed by atoms with Gasteiger partial charge in [-0.15, -0.1) is 0 Å². The Morgan fingerprint density at radius 2 is 2.12 bits per heavy atom. The van der Waals surface area contributed by atoms with E-state index in [1.807, 2.05) is 0 Å². The van der Waals surface area contributed by atoms with Gasteiger partial charge in [-0.3, -0.25) is 9.59 Å². The van der Waals surface area contributed by atoms with E-state index in [9.17, 15) is 14.4 Å². The van der Waals surface area contributed by atoms with E-state index >= 15 is 0 Å². The Labute approximate surface area is 191 Å². The normalized spacial score (nSPS) is 24.2. The quantitative estimate of drug-likeness (QED) is 0.621. The summed E-state index contributed by atoms with van der Waals surface area (Å²) in [7, 11) is 0. The van der Waals surface area contributed by atoms with Crippen molar-refractivity contribution in [1.29, 1.82) is 0 Å². The van der Waals surface area contributed by atoms with E-state index in [0.717, 1.165) is 0 Å². The topological polar surface area (TPSA) is 121 Å². The number of amides is 1. The zero-order valence-electron chi connectivity index (χ0n) is 17.1. The molecule has 164 valence electrons. The van der Waals surface area contributed by atoms with Gasteiger partial charge in [-0.25, -0.2) is 4.79 Å². The average molecular weight is 499 g/mol. The Bertz CT molecular complexity index is 1230. The first-order chi connectivity index (χ1) is 15.4. The minimum absolute atomic E-state index is 0.0685. The number of nitrogens with one attached hydrogen (secondary N) is 1. The number of ether oxygens (including phenoxy) is 2. The molecule has 3 N–H and O–H groups in total. The minimum Gasteiger partial charge on any atom is -0.469 e. The Kier molecular flexibility index (Phi) is 4.74. The molecule has 2 aromatic rings. The van der Waals surface area contributed by atoms with Crippen molar-refractivity contribution in [2.45, 2.75) is 31.1 Å². The molecule has 8 nitrogen and oxygen atoms in total. The van der Waals surface area contributed by atoms with E-state index in [-0.39, 0.29) is 47.5 Å². The van der Waals surface area contributed by atoms with Gasteiger partial charge in [0.05, 0.1) is 18.4 Å². The van der Waals surface area contributed by atoms with E-state index < -0.39 is 17.3 Å². The summed E-state index contributed by atoms with van der Waals surface area (Å²) in [6, 6.07) is 8.72. The molecular weight excluding hydrogens is 480 g/mol. The summed E-state index contributed by atoms with van der Waals surface area (Å²) in [4.78, 5) is 40.3. The molecule has 1 aromatic carbocycles. The van der Waals surface area contributed by atoms with Crippen LogP contribution in [0.3, 0.4) is 0 Å². The fourth-order valence-electron chi connectivity index (χ4n) is 4.84. The van der Waals surface area contributed by atoms with Crippen LogP contribution in [0, 0.1) is 0 Å². The summed E-state index contributed by atoms with van der Waals surface area (Å²) in [5, 5.41) is 2.81. The Balaban J connectivity index is 1.77. The number of fused-ring (bicyclic) bond motifs is 3. The van der Waals surface area contributed by atoms with Crippen molar-refractivity contribution in [2.75, 3.05) is 11.9 Å². The van der Waals surface area contributed by atoms with Crippen LogP contribution in [0.15, 0.2) is 68.3 Å². The lowest BCUT2D eigenvalue weighted by atomic mass is 9.63. The van der Waals surface area contributed by atoms with Gasteiger partial charge >= 0.3 is 5.97 Å². The summed E-state index contributed by atoms with van der Waals surface area (Å²) in [6.07, 6.45) is 1.94. The largest absolute Gasteiger partial charge is 0.469 e. The van der Waals surface area contributed by atoms with E-state index in [0.29, 0.717) is 27.9 Å². The van der Waals surface area contributed by atoms with Crippen LogP contribution in [-0.4, -0.2) is 24.3 Å². The number of allylic oxidation sites excluding steroid dienone is 1. The van der Waals surface area contributed by atoms with E-state index in [1.54, 1.807) is 37.3 Å². The predicted octanol–water partition coefficient (Wildman–Crippen LogP) is 3.40. The Hall–Kier alpha value is -3.33. The average Bonchev–Trinajstić information content (AvgIpc) is 3.36. The number of anilines is 1. The number of Topliss-reactive ketones (excluding diaryl/α,β-unsaturated/α-hetero) is 1. The van der Waals surface area contributed by atoms with Gasteiger partial charge < -0.3 is 24.9 Å². The number of hydrogen-bond donors (Lipinski definition) is 2. The molecule has 5 rings (SSSR count). The number of halogens is 1. The number of furan rings is 1. The third-order valence-corrected chi connectivity index (χ3v) is 6.54. The molecule has 3 heterocycles. The third kappa shape index (κ3) is 2.77. The molecule has 0 radical (unpaired) electrons. The fraction of sp³-hybridized carbons (Fsp3) is 0.261. The maximum Gasteiger partial charge on any atom is 0.341 e. The van der Waals surface area contributed by atoms with Crippen molar-refractivity contribution in [3.63, 3.8) is 0 Å². The van der Waals surface area contributed by atoms with Crippen LogP contribution in [0.2, 0.25) is 0 Å². The number of nitrogens with two attached hydrogens (primary N) is 1. The van der Waals surface area contributed by atoms with Crippen LogP contribution >= 0.6 is 15.9 Å². The van der Waals surface area contributed by atoms with Gasteiger partial charge in [0, 0.05) is 34.5 Å². The lowest BCUT2D eigenvalue weighted by Gasteiger charge is -2.39. The van der Waals surface area contributed by atoms with Crippen LogP contribution in [0.25, 0.3) is 0 Å². The minimum atomic E-state index is -1.76. The highest BCUT2D eigenvalue weighted by molar-refractivity contribution is 9.10. The molecule has 1 amide bonds. The Morgan fingerprint density at radius 1 is 1.31 bits per heavy atom. The van der Waals surface area contributed by atoms with E-state index in [2.05, 4.69) is 21.2 Å². The highest BCUT2D eigenvalue weighted by Crippen LogP contribution is 2.56. The zero-order chi connectivity index (χ0) is 22.6. The molecular formula is C23H19BrN2O6. The summed E-state index contributed by atoms with van der Waals surface area (Å²) in [5.41, 5.74) is 5.35. The summed E-state index contributed by atoms with van der Waals surface area (Å²) < 4.78 is 17.2. The number of carbonyl (C=O) groups excluding carboxylic acids is 3. The molecule has 0 saturated heterocycles. The van der Waals surface area contributed by atoms with Crippen molar-refractivity contribution in [3.05, 3.63) is 75.2 Å². The number of hydrogen-bond acceptors (Lipinski definition) is 7. The first-order valence-electron chi connectivity index (χ1n) is 10.1. The molecule has 1 aromatic heterocycles. The zero-order valence-corrected chi connectivity index (χ0v) is 18.7. The smallest absolute Gasteiger partial charge is 0.341 e. The molecule has 2 atom stereocenters. The molecule has 0 bridgehead atoms. The molecule has 9 heteroatoms. The predicted molar refractivity (Wildman–Crippen MR) is 116 cm³/mol. The second-order valence-corrected chi connectivity index (χ2v) is 8.71. The molecule has 0 fully saturated rings. The van der Waals surface area contributed by atoms with Crippen molar-refractivity contribution in [3.8, 4) is 0 Å². The van der Waals surface area contributed by atoms with Crippen molar-refractivity contribution >= 4 is 39.3 Å². The van der Waals surface area contributed by atoms with Crippen LogP contribution in [-0.2, 0) is 29.3 Å². The summed E-state index contributed by atoms with van der Waals surface area (Å²) in [6.45, 7) is 1.72. The van der Waals surface area contributed by atoms with Gasteiger partial charge in [0.15, 0.2) is 5.78 Å². The molecule has 0 unspecified atom stereocenters. The number of rotatable bonds is 3. The molecule has 0 saturated carbocycles. The van der Waals surface area contributed by atoms with Crippen molar-refractivity contribution in [2.24, 2.45) is 5.73 Å². The van der Waals surface area contributed by atoms with Crippen molar-refractivity contribution in [1.82, 2.24) is 0 Å². The first kappa shape index (κ1) is 20.6. The van der Waals surface area contributed by atoms with Gasteiger partial charge in [-0.05, 0) is 37.3 Å². The van der Waals surface area contributed by atoms with Gasteiger partial charge in [0.25, 0.3) is 0 Å². The van der Waals surface area contributed by atoms with Gasteiger partial charge in [0.1, 0.15) is 22.5 Å². The third-order valence-electron chi connectivity index (χ3n) is 6.05. The van der Waals surface area contributed by atoms with Gasteiger partial charge in [-0.2, -0.15) is 0 Å². The fourth-order valence-corrected chi connectivity index (χ4v) is 5.20. The molecule has 32 heavy (non-hydrogen) atoms. The standard InChI is InChI=1S/C23H19BrN2O6/c1-2-30-21(28)19-20(25)32-17-9-11(16-4-3-7-31-16)8-15(27)18(17)23(19)13-10-12(24)5-6-14(13)26-22(23)29/h3-7,10-11H,2,8-9,25H2,1H3,(H,26,29)/t11-,23+/m1/s1. The van der Waals surface area contributed by atoms with Gasteiger partial charge in [-0.1, -0.05) is 15.9 Å². The van der Waals surface area contributed by atoms with E-state index in [4.69, 9.17) is 19.6 Å². The first-order valence-corrected chi connectivity index (χ1v) is 10.9. The highest BCUT2D eigenvalue weighted by atomic mass is 79.9. The SMILES string of the molecule is CCOC(=O)C1=C(N)OC2=C(C(=O)C[C@@H](c3ccco3)C2)[C@]12C(=O)Nc1ccc(Br)cc12. The van der Waals surface area contributed by atoms with Gasteiger partial charge in [0.2, 0.25) is 11.8 Å². The number of carbonyl (C=O) groups is 3. The second kappa shape index (κ2) is 7.37. The van der Waals surface area contributed by atoms with Crippen LogP contribution in [0.4, 0.5) is 5.69 Å². The van der Waals surface area contributed by atoms with Crippen LogP contribution < -0.4 is 11.1 Å². The molecule has 3 aliphatic rings. The van der Waals surface area contributed by atoms with Crippen molar-refractivity contribution < 1.29 is 28.3 Å². The maximum absolute atomic E-state index is 13.6. The Morgan fingerprint density at radius 3 is 2.84 bits per heavy atom. The van der Waals surface area contributed by atoms with E-state index in [1.165, 1.54) is 6.26 Å². The maximum atomic E-state index is 13.6.